The molecule has 0 heterocycles. The van der Waals surface area contributed by atoms with Crippen LogP contribution in [-0.4, -0.2) is 26.9 Å². The third-order valence-electron chi connectivity index (χ3n) is 7.44. The van der Waals surface area contributed by atoms with E-state index in [0.717, 1.165) is 32.7 Å². The van der Waals surface area contributed by atoms with Gasteiger partial charge < -0.3 is 9.47 Å². The van der Waals surface area contributed by atoms with Gasteiger partial charge in [0, 0.05) is 24.5 Å². The number of benzene rings is 2. The highest BCUT2D eigenvalue weighted by molar-refractivity contribution is 5.38. The molecule has 0 aliphatic heterocycles. The minimum Gasteiger partial charge on any atom is -0.384 e. The summed E-state index contributed by atoms with van der Waals surface area (Å²) in [5.74, 6) is 0.688. The van der Waals surface area contributed by atoms with Crippen LogP contribution in [0.25, 0.3) is 0 Å². The Morgan fingerprint density at radius 1 is 0.800 bits per heavy atom. The molecule has 1 aliphatic rings. The van der Waals surface area contributed by atoms with E-state index in [1.54, 1.807) is 0 Å². The third-order valence-corrected chi connectivity index (χ3v) is 7.44. The lowest BCUT2D eigenvalue weighted by Crippen LogP contribution is -2.42. The number of rotatable bonds is 11. The number of methoxy groups -OCH3 is 1. The predicted octanol–water partition coefficient (Wildman–Crippen LogP) is 7.02. The van der Waals surface area contributed by atoms with Crippen LogP contribution in [0.15, 0.2) is 60.7 Å². The highest BCUT2D eigenvalue weighted by Gasteiger charge is 2.42. The molecule has 1 aliphatic carbocycles. The van der Waals surface area contributed by atoms with Gasteiger partial charge >= 0.3 is 0 Å². The summed E-state index contributed by atoms with van der Waals surface area (Å²) in [4.78, 5) is 0. The third kappa shape index (κ3) is 5.34. The molecule has 2 aromatic carbocycles. The topological polar surface area (TPSA) is 18.5 Å². The average Bonchev–Trinajstić information content (AvgIpc) is 2.82. The molecule has 0 amide bonds. The quantitative estimate of drug-likeness (QED) is 0.397. The Balaban J connectivity index is 1.93. The van der Waals surface area contributed by atoms with Crippen LogP contribution >= 0.6 is 0 Å². The zero-order valence-corrected chi connectivity index (χ0v) is 19.2. The van der Waals surface area contributed by atoms with Crippen LogP contribution in [0.1, 0.15) is 69.9 Å². The fourth-order valence-corrected chi connectivity index (χ4v) is 5.50. The van der Waals surface area contributed by atoms with Crippen LogP contribution in [0.4, 0.5) is 0 Å². The first-order valence-electron chi connectivity index (χ1n) is 11.8. The van der Waals surface area contributed by atoms with Crippen molar-refractivity contribution < 1.29 is 9.47 Å². The maximum Gasteiger partial charge on any atom is 0.0547 e. The van der Waals surface area contributed by atoms with E-state index in [1.807, 2.05) is 7.11 Å². The molecule has 2 nitrogen and oxygen atoms in total. The van der Waals surface area contributed by atoms with Gasteiger partial charge in [-0.15, -0.1) is 0 Å². The molecule has 0 radical (unpaired) electrons. The lowest BCUT2D eigenvalue weighted by Gasteiger charge is -2.44. The smallest absolute Gasteiger partial charge is 0.0547 e. The van der Waals surface area contributed by atoms with Crippen LogP contribution in [0, 0.1) is 11.3 Å². The number of ether oxygens (including phenoxy) is 2. The van der Waals surface area contributed by atoms with Crippen molar-refractivity contribution in [2.45, 2.75) is 64.2 Å². The van der Waals surface area contributed by atoms with Crippen LogP contribution in [0.3, 0.4) is 0 Å². The van der Waals surface area contributed by atoms with E-state index in [2.05, 4.69) is 74.5 Å². The largest absolute Gasteiger partial charge is 0.384 e. The molecular weight excluding hydrogens is 368 g/mol. The van der Waals surface area contributed by atoms with Gasteiger partial charge in [-0.2, -0.15) is 0 Å². The Kier molecular flexibility index (Phi) is 8.53. The SMILES string of the molecule is CCOCC(CCC(C)(c1ccccc1)c1ccccc1)(COC)C1CCCCC1. The van der Waals surface area contributed by atoms with Crippen LogP contribution in [0.5, 0.6) is 0 Å². The van der Waals surface area contributed by atoms with E-state index < -0.39 is 0 Å². The Hall–Kier alpha value is -1.64. The summed E-state index contributed by atoms with van der Waals surface area (Å²) < 4.78 is 12.0. The molecule has 2 heteroatoms. The summed E-state index contributed by atoms with van der Waals surface area (Å²) in [6, 6.07) is 22.0. The monoisotopic (exact) mass is 408 g/mol. The van der Waals surface area contributed by atoms with Gasteiger partial charge in [0.1, 0.15) is 0 Å². The summed E-state index contributed by atoms with van der Waals surface area (Å²) in [7, 11) is 1.86. The molecule has 1 saturated carbocycles. The molecule has 0 spiro atoms. The Labute approximate surface area is 184 Å². The molecule has 0 bridgehead atoms. The van der Waals surface area contributed by atoms with Crippen LogP contribution in [0.2, 0.25) is 0 Å². The zero-order chi connectivity index (χ0) is 21.3. The lowest BCUT2D eigenvalue weighted by atomic mass is 9.63. The molecule has 3 rings (SSSR count). The molecule has 0 N–H and O–H groups in total. The summed E-state index contributed by atoms with van der Waals surface area (Å²) in [6.07, 6.45) is 8.89. The van der Waals surface area contributed by atoms with Gasteiger partial charge in [-0.25, -0.2) is 0 Å². The fraction of sp³-hybridized carbons (Fsp3) is 0.571. The van der Waals surface area contributed by atoms with Crippen LogP contribution < -0.4 is 0 Å². The fourth-order valence-electron chi connectivity index (χ4n) is 5.50. The normalized spacial score (nSPS) is 17.6. The Morgan fingerprint density at radius 2 is 1.37 bits per heavy atom. The number of hydrogen-bond donors (Lipinski definition) is 0. The van der Waals surface area contributed by atoms with Gasteiger partial charge in [-0.3, -0.25) is 0 Å². The summed E-state index contributed by atoms with van der Waals surface area (Å²) >= 11 is 0. The van der Waals surface area contributed by atoms with Gasteiger partial charge in [0.05, 0.1) is 13.2 Å². The number of hydrogen-bond acceptors (Lipinski definition) is 2. The van der Waals surface area contributed by atoms with Crippen molar-refractivity contribution in [1.29, 1.82) is 0 Å². The van der Waals surface area contributed by atoms with Gasteiger partial charge in [0.2, 0.25) is 0 Å². The second-order valence-electron chi connectivity index (χ2n) is 9.33. The molecule has 164 valence electrons. The predicted molar refractivity (Wildman–Crippen MR) is 126 cm³/mol. The van der Waals surface area contributed by atoms with E-state index in [4.69, 9.17) is 9.47 Å². The first-order valence-corrected chi connectivity index (χ1v) is 11.8. The van der Waals surface area contributed by atoms with E-state index in [1.165, 1.54) is 43.2 Å². The molecule has 0 aromatic heterocycles. The minimum atomic E-state index is -0.0254. The molecular formula is C28H40O2. The highest BCUT2D eigenvalue weighted by Crippen LogP contribution is 2.46. The van der Waals surface area contributed by atoms with Crippen molar-refractivity contribution in [2.75, 3.05) is 26.9 Å². The molecule has 2 aromatic rings. The lowest BCUT2D eigenvalue weighted by molar-refractivity contribution is -0.0593. The van der Waals surface area contributed by atoms with Gasteiger partial charge in [-0.1, -0.05) is 86.8 Å². The van der Waals surface area contributed by atoms with Crippen molar-refractivity contribution in [1.82, 2.24) is 0 Å². The van der Waals surface area contributed by atoms with E-state index >= 15 is 0 Å². The summed E-state index contributed by atoms with van der Waals surface area (Å²) in [5.41, 5.74) is 2.85. The summed E-state index contributed by atoms with van der Waals surface area (Å²) in [6.45, 7) is 6.89. The van der Waals surface area contributed by atoms with E-state index in [0.29, 0.717) is 5.92 Å². The molecule has 1 atom stereocenters. The van der Waals surface area contributed by atoms with Crippen molar-refractivity contribution in [3.63, 3.8) is 0 Å². The second kappa shape index (κ2) is 11.1. The van der Waals surface area contributed by atoms with Crippen molar-refractivity contribution in [3.8, 4) is 0 Å². The van der Waals surface area contributed by atoms with E-state index in [-0.39, 0.29) is 10.8 Å². The van der Waals surface area contributed by atoms with Gasteiger partial charge in [0.25, 0.3) is 0 Å². The summed E-state index contributed by atoms with van der Waals surface area (Å²) in [5, 5.41) is 0. The van der Waals surface area contributed by atoms with Crippen LogP contribution in [-0.2, 0) is 14.9 Å². The van der Waals surface area contributed by atoms with Crippen molar-refractivity contribution >= 4 is 0 Å². The highest BCUT2D eigenvalue weighted by atomic mass is 16.5. The molecule has 30 heavy (non-hydrogen) atoms. The maximum atomic E-state index is 6.10. The van der Waals surface area contributed by atoms with Gasteiger partial charge in [-0.05, 0) is 49.7 Å². The minimum absolute atomic E-state index is 0.0254. The molecule has 1 unspecified atom stereocenters. The van der Waals surface area contributed by atoms with Crippen molar-refractivity contribution in [3.05, 3.63) is 71.8 Å². The Morgan fingerprint density at radius 3 is 1.87 bits per heavy atom. The van der Waals surface area contributed by atoms with Crippen molar-refractivity contribution in [2.24, 2.45) is 11.3 Å². The molecule has 0 saturated heterocycles. The first-order chi connectivity index (χ1) is 14.6. The average molecular weight is 409 g/mol. The first kappa shape index (κ1) is 23.0. The standard InChI is InChI=1S/C28H40O2/c1-4-30-23-28(22-29-3,26-18-12-7-13-19-26)21-20-27(2,24-14-8-5-9-15-24)25-16-10-6-11-17-25/h5-6,8-11,14-17,26H,4,7,12-13,18-23H2,1-3H3. The van der Waals surface area contributed by atoms with Gasteiger partial charge in [0.15, 0.2) is 0 Å². The maximum absolute atomic E-state index is 6.10. The second-order valence-corrected chi connectivity index (χ2v) is 9.33. The van der Waals surface area contributed by atoms with E-state index in [9.17, 15) is 0 Å². The zero-order valence-electron chi connectivity index (χ0n) is 19.2. The molecule has 1 fully saturated rings. The Bertz CT molecular complexity index is 681.